The number of hydroxylamine groups is 4. The van der Waals surface area contributed by atoms with Crippen molar-refractivity contribution in [1.82, 2.24) is 10.1 Å². The Morgan fingerprint density at radius 1 is 0.325 bits per heavy atom. The number of hydrogen-bond acceptors (Lipinski definition) is 49. The molecule has 23 saturated heterocycles. The third-order valence-corrected chi connectivity index (χ3v) is 22.2. The molecule has 37 atom stereocenters. The van der Waals surface area contributed by atoms with E-state index in [0.717, 1.165) is 23.5 Å². The van der Waals surface area contributed by atoms with Crippen LogP contribution in [0, 0.1) is 0 Å². The smallest absolute Gasteiger partial charge is 0.335 e. The summed E-state index contributed by atoms with van der Waals surface area (Å²) in [4.78, 5) is 101. The fourth-order valence-corrected chi connectivity index (χ4v) is 15.5. The summed E-state index contributed by atoms with van der Waals surface area (Å²) in [5, 5.41) is 234. The molecule has 0 radical (unpaired) electrons. The molecule has 4 amide bonds. The second-order valence-electron chi connectivity index (χ2n) is 28.1. The highest BCUT2D eigenvalue weighted by Gasteiger charge is 2.60. The Balaban J connectivity index is 0.000000469. The van der Waals surface area contributed by atoms with E-state index in [1.807, 2.05) is 0 Å². The predicted molar refractivity (Wildman–Crippen MR) is 365 cm³/mol. The Morgan fingerprint density at radius 3 is 0.718 bits per heavy atom. The Morgan fingerprint density at radius 2 is 0.521 bits per heavy atom. The lowest BCUT2D eigenvalue weighted by atomic mass is 9.95. The Bertz CT molecular complexity index is 3120. The van der Waals surface area contributed by atoms with Crippen molar-refractivity contribution in [3.8, 4) is 0 Å². The van der Waals surface area contributed by atoms with Gasteiger partial charge in [-0.2, -0.15) is 23.5 Å². The van der Waals surface area contributed by atoms with Crippen LogP contribution in [-0.4, -0.2) is 474 Å². The highest BCUT2D eigenvalue weighted by molar-refractivity contribution is 7.99. The van der Waals surface area contributed by atoms with Crippen molar-refractivity contribution in [3.05, 3.63) is 0 Å². The first-order valence-electron chi connectivity index (χ1n) is 36.7. The van der Waals surface area contributed by atoms with Crippen molar-refractivity contribution in [2.45, 2.75) is 266 Å². The largest absolute Gasteiger partial charge is 0.480 e. The molecule has 25 N–H and O–H groups in total. The maximum atomic E-state index is 11.7. The summed E-state index contributed by atoms with van der Waals surface area (Å²) in [6.07, 6.45) is -71.6. The van der Waals surface area contributed by atoms with Crippen molar-refractivity contribution in [2.75, 3.05) is 82.5 Å². The first-order valence-corrected chi connectivity index (χ1v) is 39.0. The lowest BCUT2D eigenvalue weighted by Crippen LogP contribution is -2.68. The summed E-state index contributed by atoms with van der Waals surface area (Å²) in [5.41, 5.74) is 11.4. The van der Waals surface area contributed by atoms with E-state index in [2.05, 4.69) is 9.68 Å². The molecule has 0 saturated carbocycles. The summed E-state index contributed by atoms with van der Waals surface area (Å²) in [6.45, 7) is -5.17. The van der Waals surface area contributed by atoms with Crippen molar-refractivity contribution < 1.29 is 231 Å². The molecule has 670 valence electrons. The number of aliphatic hydroxyl groups excluding tert-OH is 19. The van der Waals surface area contributed by atoms with E-state index in [0.29, 0.717) is 10.1 Å². The van der Waals surface area contributed by atoms with E-state index in [4.69, 9.17) is 87.3 Å². The van der Waals surface area contributed by atoms with Crippen molar-refractivity contribution in [2.24, 2.45) is 11.5 Å². The second-order valence-corrected chi connectivity index (χ2v) is 30.2. The van der Waals surface area contributed by atoms with Crippen LogP contribution in [0.25, 0.3) is 0 Å². The molecule has 51 nitrogen and oxygen atoms in total. The number of carboxylic acids is 2. The topological polar surface area (TPSA) is 786 Å². The number of carboxylic acid groups (broad SMARTS) is 2. The number of carbonyl (C=O) groups excluding carboxylic acids is 6. The highest BCUT2D eigenvalue weighted by Crippen LogP contribution is 2.40. The minimum absolute atomic E-state index is 0.000358. The van der Waals surface area contributed by atoms with E-state index >= 15 is 0 Å². The van der Waals surface area contributed by atoms with Gasteiger partial charge in [0.15, 0.2) is 44.0 Å². The average Bonchev–Trinajstić information content (AvgIpc) is 1.15. The van der Waals surface area contributed by atoms with E-state index in [-0.39, 0.29) is 76.5 Å². The molecular weight excluding hydrogens is 1640 g/mol. The quantitative estimate of drug-likeness (QED) is 0.0282. The van der Waals surface area contributed by atoms with Gasteiger partial charge in [0.1, 0.15) is 171 Å². The SMILES string of the molecule is N[C@H](CSCC1O[C@H]2O[C@@H]3C(CO)O[C@H](O[C@@H]4C(CO)O[C@H](O[C@@H]5C(CO)O[C@H](O[C@@H]6C(CSC[C@@H](N)C(=O)O)O[C@H](O[C@@H]7C(CO)O[C@@H](O[C@@H]8C(CO)O[C@@H](OC1[C@H](O)C2O)C(O)[C@H]8O)C(O)[C@H]7O)C(O)[C@H]6O)C(O)[C@H]5O)C(O)[C@H]4O)C(O)[C@H]3O)C(=O)O.O=C(CCOCCOCCC(=O)ON1C(=O)CCC1=O)ON1C(=O)CCC1=O. The zero-order chi connectivity index (χ0) is 85.7. The minimum atomic E-state index is -2.27. The monoisotopic (exact) mass is 1740 g/mol. The van der Waals surface area contributed by atoms with Crippen molar-refractivity contribution in [3.63, 3.8) is 0 Å². The first kappa shape index (κ1) is 96.2. The average molecular weight is 1740 g/mol. The summed E-state index contributed by atoms with van der Waals surface area (Å²) < 4.78 is 91.9. The van der Waals surface area contributed by atoms with Gasteiger partial charge >= 0.3 is 23.9 Å². The molecule has 0 aliphatic carbocycles. The van der Waals surface area contributed by atoms with Gasteiger partial charge in [0.25, 0.3) is 23.6 Å². The number of nitrogens with zero attached hydrogens (tertiary/aromatic N) is 2. The fraction of sp³-hybridized carbons (Fsp3) is 0.875. The van der Waals surface area contributed by atoms with E-state index in [1.54, 1.807) is 0 Å². The number of thioether (sulfide) groups is 2. The van der Waals surface area contributed by atoms with Crippen molar-refractivity contribution >= 4 is 71.0 Å². The van der Waals surface area contributed by atoms with Gasteiger partial charge in [-0.1, -0.05) is 0 Å². The van der Waals surface area contributed by atoms with Crippen molar-refractivity contribution in [1.29, 1.82) is 0 Å². The van der Waals surface area contributed by atoms with Crippen LogP contribution in [0.1, 0.15) is 38.5 Å². The molecule has 15 unspecified atom stereocenters. The normalized spacial score (nSPS) is 42.2. The van der Waals surface area contributed by atoms with E-state index in [1.165, 1.54) is 0 Å². The Labute approximate surface area is 669 Å². The van der Waals surface area contributed by atoms with Crippen LogP contribution in [0.3, 0.4) is 0 Å². The fourth-order valence-electron chi connectivity index (χ4n) is 13.4. The molecule has 23 fully saturated rings. The Hall–Kier alpha value is -4.62. The molecule has 14 bridgehead atoms. The van der Waals surface area contributed by atoms with Gasteiger partial charge in [-0.15, -0.1) is 10.1 Å². The summed E-state index contributed by atoms with van der Waals surface area (Å²) in [6, 6.07) is -2.94. The number of ether oxygens (including phenoxy) is 16. The molecule has 0 aromatic carbocycles. The summed E-state index contributed by atoms with van der Waals surface area (Å²) in [7, 11) is 0. The van der Waals surface area contributed by atoms with Crippen LogP contribution in [0.15, 0.2) is 0 Å². The Kier molecular flexibility index (Phi) is 36.3. The zero-order valence-corrected chi connectivity index (χ0v) is 63.3. The number of aliphatic hydroxyl groups is 19. The number of hydrogen-bond donors (Lipinski definition) is 23. The van der Waals surface area contributed by atoms with E-state index < -0.39 is 319 Å². The molecule has 53 heteroatoms. The lowest BCUT2D eigenvalue weighted by Gasteiger charge is -2.50. The number of rotatable bonds is 26. The number of aliphatic carboxylic acids is 2. The molecular formula is C64H100N4O47S2. The third-order valence-electron chi connectivity index (χ3n) is 19.9. The standard InChI is InChI=1S/C48H80N2O37S2.C16H20N2O10/c49-10(40(70)71)6-88-8-17-38-25(62)32(69)48(80-17)85-37-16(5-55)76-44(28(65)21(37)58)83-35-14(3-53)78-46(30(67)23(35)60)87-39-18(9-89-7-11(50)41(72)73)79-47(31(68)24(39)61)84-36-15(4-54)75-43(27(64)20(36)57)81-33-12(1-51)74-42(26(63)19(33)56)82-34-13(2-52)77-45(86-38)29(66)22(34)59;19-11-1-2-12(20)17(11)27-15(23)5-7-25-9-10-26-8-6-16(24)28-18-13(21)3-4-14(18)22/h10-39,42-48,51-69H,1-9,49-50H2,(H,70,71)(H,72,73);1-10H2/t10-,11-,12?,13?,14?,15?,16?,17?,18?,19-,20-,21-,22-,23-,24-,25-,26?,27?,28?,29?,30?,31?,32?,33-,34-,35-,36-,37-,38-,39?,42-,43-,44+,45-,46+,47+,48-;/m1./s1. The van der Waals surface area contributed by atoms with Gasteiger partial charge in [-0.3, -0.25) is 28.8 Å². The van der Waals surface area contributed by atoms with E-state index in [9.17, 15) is 146 Å². The van der Waals surface area contributed by atoms with Crippen LogP contribution >= 0.6 is 23.5 Å². The van der Waals surface area contributed by atoms with Crippen LogP contribution in [-0.2, 0) is 124 Å². The number of nitrogens with two attached hydrogens (primary N) is 2. The molecule has 23 aliphatic rings. The van der Waals surface area contributed by atoms with Gasteiger partial charge in [0.2, 0.25) is 0 Å². The van der Waals surface area contributed by atoms with Gasteiger partial charge in [0.05, 0.1) is 84.5 Å². The highest BCUT2D eigenvalue weighted by atomic mass is 32.2. The number of imide groups is 2. The maximum Gasteiger partial charge on any atom is 0.335 e. The third kappa shape index (κ3) is 23.5. The van der Waals surface area contributed by atoms with Crippen LogP contribution in [0.2, 0.25) is 0 Å². The lowest BCUT2D eigenvalue weighted by molar-refractivity contribution is -0.395. The summed E-state index contributed by atoms with van der Waals surface area (Å²) in [5.74, 6) is -8.00. The minimum Gasteiger partial charge on any atom is -0.480 e. The van der Waals surface area contributed by atoms with Gasteiger partial charge < -0.3 is 204 Å². The number of carbonyl (C=O) groups is 8. The molecule has 0 aromatic rings. The molecule has 0 spiro atoms. The van der Waals surface area contributed by atoms with Crippen LogP contribution in [0.4, 0.5) is 0 Å². The zero-order valence-electron chi connectivity index (χ0n) is 61.7. The van der Waals surface area contributed by atoms with Crippen LogP contribution < -0.4 is 11.5 Å². The first-order chi connectivity index (χ1) is 55.6. The molecule has 0 aromatic heterocycles. The molecule has 23 aliphatic heterocycles. The van der Waals surface area contributed by atoms with Gasteiger partial charge in [-0.25, -0.2) is 9.59 Å². The molecule has 117 heavy (non-hydrogen) atoms. The summed E-state index contributed by atoms with van der Waals surface area (Å²) >= 11 is 1.60. The number of amides is 4. The van der Waals surface area contributed by atoms with Gasteiger partial charge in [-0.05, 0) is 0 Å². The predicted octanol–water partition coefficient (Wildman–Crippen LogP) is -15.9. The second kappa shape index (κ2) is 44.1. The van der Waals surface area contributed by atoms with Crippen LogP contribution in [0.5, 0.6) is 0 Å². The van der Waals surface area contributed by atoms with Gasteiger partial charge in [0, 0.05) is 48.7 Å². The molecule has 23 heterocycles. The maximum absolute atomic E-state index is 11.7. The molecule has 23 rings (SSSR count).